The molecule has 0 amide bonds. The molecule has 2 heterocycles. The third kappa shape index (κ3) is 5.82. The van der Waals surface area contributed by atoms with E-state index < -0.39 is 0 Å². The number of hydrogen-bond donors (Lipinski definition) is 0. The summed E-state index contributed by atoms with van der Waals surface area (Å²) < 4.78 is 0. The fourth-order valence-corrected chi connectivity index (χ4v) is 4.23. The summed E-state index contributed by atoms with van der Waals surface area (Å²) in [5.41, 5.74) is 1.37. The predicted molar refractivity (Wildman–Crippen MR) is 117 cm³/mol. The second-order valence-electron chi connectivity index (χ2n) is 7.66. The van der Waals surface area contributed by atoms with Crippen molar-refractivity contribution in [2.75, 3.05) is 44.2 Å². The molecule has 3 heteroatoms. The summed E-state index contributed by atoms with van der Waals surface area (Å²) in [6, 6.07) is 12.1. The van der Waals surface area contributed by atoms with Crippen LogP contribution in [0.3, 0.4) is 0 Å². The minimum Gasteiger partial charge on any atom is -0.369 e. The summed E-state index contributed by atoms with van der Waals surface area (Å²) >= 11 is 0. The molecule has 1 atom stereocenters. The molecule has 0 aromatic heterocycles. The average Bonchev–Trinajstić information content (AvgIpc) is 2.74. The highest BCUT2D eigenvalue weighted by molar-refractivity contribution is 5.46. The number of piperazine rings is 1. The molecule has 3 nitrogen and oxygen atoms in total. The number of benzene rings is 1. The SMILES string of the molecule is C\C=C/C=C\C=C\C(C)N1CCC(N2CCN(c3ccccc3)CC2)CC1. The van der Waals surface area contributed by atoms with Crippen LogP contribution in [0.25, 0.3) is 0 Å². The Hall–Kier alpha value is -1.84. The van der Waals surface area contributed by atoms with Crippen molar-refractivity contribution in [2.24, 2.45) is 0 Å². The second kappa shape index (κ2) is 10.5. The number of hydrogen-bond acceptors (Lipinski definition) is 3. The number of rotatable bonds is 6. The normalized spacial score (nSPS) is 22.4. The molecular weight excluding hydrogens is 330 g/mol. The highest BCUT2D eigenvalue weighted by Crippen LogP contribution is 2.22. The summed E-state index contributed by atoms with van der Waals surface area (Å²) in [5, 5.41) is 0. The fraction of sp³-hybridized carbons (Fsp3) is 0.500. The van der Waals surface area contributed by atoms with Gasteiger partial charge in [-0.2, -0.15) is 0 Å². The Balaban J connectivity index is 1.41. The Morgan fingerprint density at radius 1 is 0.852 bits per heavy atom. The minimum atomic E-state index is 0.524. The molecule has 3 rings (SSSR count). The molecule has 0 aliphatic carbocycles. The Morgan fingerprint density at radius 2 is 1.52 bits per heavy atom. The quantitative estimate of drug-likeness (QED) is 0.694. The average molecular weight is 366 g/mol. The first kappa shape index (κ1) is 19.9. The maximum atomic E-state index is 2.73. The monoisotopic (exact) mass is 365 g/mol. The molecule has 0 spiro atoms. The third-order valence-electron chi connectivity index (χ3n) is 5.94. The van der Waals surface area contributed by atoms with E-state index in [9.17, 15) is 0 Å². The van der Waals surface area contributed by atoms with Crippen LogP contribution in [-0.2, 0) is 0 Å². The largest absolute Gasteiger partial charge is 0.369 e. The van der Waals surface area contributed by atoms with Gasteiger partial charge < -0.3 is 4.90 Å². The summed E-state index contributed by atoms with van der Waals surface area (Å²) in [6.45, 7) is 11.5. The number of piperidine rings is 1. The molecule has 0 N–H and O–H groups in total. The van der Waals surface area contributed by atoms with E-state index in [1.807, 2.05) is 6.92 Å². The van der Waals surface area contributed by atoms with Gasteiger partial charge in [0.1, 0.15) is 0 Å². The number of likely N-dealkylation sites (tertiary alicyclic amines) is 1. The number of allylic oxidation sites excluding steroid dienone is 5. The zero-order chi connectivity index (χ0) is 18.9. The molecule has 1 unspecified atom stereocenters. The molecule has 2 aliphatic rings. The lowest BCUT2D eigenvalue weighted by Gasteiger charge is -2.44. The van der Waals surface area contributed by atoms with Crippen LogP contribution in [0.15, 0.2) is 66.8 Å². The Kier molecular flexibility index (Phi) is 7.73. The van der Waals surface area contributed by atoms with Gasteiger partial charge >= 0.3 is 0 Å². The topological polar surface area (TPSA) is 9.72 Å². The van der Waals surface area contributed by atoms with Gasteiger partial charge in [0, 0.05) is 57.0 Å². The second-order valence-corrected chi connectivity index (χ2v) is 7.66. The molecule has 146 valence electrons. The zero-order valence-electron chi connectivity index (χ0n) is 17.0. The molecule has 27 heavy (non-hydrogen) atoms. The molecule has 0 bridgehead atoms. The van der Waals surface area contributed by atoms with Crippen molar-refractivity contribution >= 4 is 5.69 Å². The van der Waals surface area contributed by atoms with E-state index in [1.54, 1.807) is 0 Å². The van der Waals surface area contributed by atoms with Crippen LogP contribution in [0.5, 0.6) is 0 Å². The summed E-state index contributed by atoms with van der Waals surface area (Å²) in [7, 11) is 0. The zero-order valence-corrected chi connectivity index (χ0v) is 17.0. The van der Waals surface area contributed by atoms with Gasteiger partial charge in [0.2, 0.25) is 0 Å². The highest BCUT2D eigenvalue weighted by atomic mass is 15.3. The van der Waals surface area contributed by atoms with E-state index >= 15 is 0 Å². The van der Waals surface area contributed by atoms with E-state index in [1.165, 1.54) is 44.7 Å². The Labute approximate surface area is 165 Å². The lowest BCUT2D eigenvalue weighted by molar-refractivity contribution is 0.0938. The Bertz CT molecular complexity index is 618. The van der Waals surface area contributed by atoms with Crippen LogP contribution >= 0.6 is 0 Å². The standard InChI is InChI=1S/C24H35N3/c1-3-4-5-6-8-11-22(2)25-16-14-24(15-17-25)27-20-18-26(19-21-27)23-12-9-7-10-13-23/h3-13,22,24H,14-21H2,1-2H3/b4-3-,6-5-,11-8+. The smallest absolute Gasteiger partial charge is 0.0367 e. The highest BCUT2D eigenvalue weighted by Gasteiger charge is 2.28. The van der Waals surface area contributed by atoms with Gasteiger partial charge in [-0.25, -0.2) is 0 Å². The van der Waals surface area contributed by atoms with Gasteiger partial charge in [-0.15, -0.1) is 0 Å². The van der Waals surface area contributed by atoms with Crippen molar-refractivity contribution in [1.82, 2.24) is 9.80 Å². The summed E-state index contributed by atoms with van der Waals surface area (Å²) in [6.07, 6.45) is 15.4. The van der Waals surface area contributed by atoms with Crippen molar-refractivity contribution in [2.45, 2.75) is 38.8 Å². The molecule has 0 saturated carbocycles. The molecule has 2 aliphatic heterocycles. The van der Waals surface area contributed by atoms with Gasteiger partial charge in [-0.05, 0) is 38.8 Å². The van der Waals surface area contributed by atoms with Crippen molar-refractivity contribution in [3.63, 3.8) is 0 Å². The van der Waals surface area contributed by atoms with Gasteiger partial charge in [0.05, 0.1) is 0 Å². The van der Waals surface area contributed by atoms with Crippen LogP contribution in [0, 0.1) is 0 Å². The summed E-state index contributed by atoms with van der Waals surface area (Å²) in [5.74, 6) is 0. The van der Waals surface area contributed by atoms with E-state index in [-0.39, 0.29) is 0 Å². The predicted octanol–water partition coefficient (Wildman–Crippen LogP) is 4.35. The minimum absolute atomic E-state index is 0.524. The van der Waals surface area contributed by atoms with Crippen LogP contribution in [-0.4, -0.2) is 61.2 Å². The number of nitrogens with zero attached hydrogens (tertiary/aromatic N) is 3. The summed E-state index contributed by atoms with van der Waals surface area (Å²) in [4.78, 5) is 7.88. The molecule has 1 aromatic rings. The van der Waals surface area contributed by atoms with Crippen molar-refractivity contribution in [1.29, 1.82) is 0 Å². The van der Waals surface area contributed by atoms with E-state index in [0.717, 1.165) is 19.1 Å². The first-order valence-corrected chi connectivity index (χ1v) is 10.5. The Morgan fingerprint density at radius 3 is 2.19 bits per heavy atom. The molecule has 2 saturated heterocycles. The van der Waals surface area contributed by atoms with E-state index in [0.29, 0.717) is 6.04 Å². The van der Waals surface area contributed by atoms with Gasteiger partial charge in [-0.1, -0.05) is 54.7 Å². The molecule has 1 aromatic carbocycles. The number of para-hydroxylation sites is 1. The van der Waals surface area contributed by atoms with Gasteiger partial charge in [-0.3, -0.25) is 9.80 Å². The lowest BCUT2D eigenvalue weighted by atomic mass is 10.0. The maximum absolute atomic E-state index is 2.73. The van der Waals surface area contributed by atoms with Crippen LogP contribution in [0.4, 0.5) is 5.69 Å². The van der Waals surface area contributed by atoms with E-state index in [2.05, 4.69) is 88.4 Å². The van der Waals surface area contributed by atoms with E-state index in [4.69, 9.17) is 0 Å². The van der Waals surface area contributed by atoms with Gasteiger partial charge in [0.15, 0.2) is 0 Å². The third-order valence-corrected chi connectivity index (χ3v) is 5.94. The van der Waals surface area contributed by atoms with Gasteiger partial charge in [0.25, 0.3) is 0 Å². The molecule has 2 fully saturated rings. The molecular formula is C24H35N3. The first-order chi connectivity index (χ1) is 13.3. The van der Waals surface area contributed by atoms with Crippen LogP contribution in [0.2, 0.25) is 0 Å². The fourth-order valence-electron chi connectivity index (χ4n) is 4.23. The number of anilines is 1. The molecule has 0 radical (unpaired) electrons. The first-order valence-electron chi connectivity index (χ1n) is 10.5. The van der Waals surface area contributed by atoms with Crippen molar-refractivity contribution < 1.29 is 0 Å². The lowest BCUT2D eigenvalue weighted by Crippen LogP contribution is -2.54. The van der Waals surface area contributed by atoms with Crippen molar-refractivity contribution in [3.8, 4) is 0 Å². The van der Waals surface area contributed by atoms with Crippen LogP contribution < -0.4 is 4.90 Å². The maximum Gasteiger partial charge on any atom is 0.0367 e. The van der Waals surface area contributed by atoms with Crippen molar-refractivity contribution in [3.05, 3.63) is 66.8 Å². The van der Waals surface area contributed by atoms with Crippen LogP contribution in [0.1, 0.15) is 26.7 Å².